The van der Waals surface area contributed by atoms with Crippen LogP contribution in [0.5, 0.6) is 0 Å². The predicted octanol–water partition coefficient (Wildman–Crippen LogP) is 12.5. The Hall–Kier alpha value is -3.93. The fourth-order valence-electron chi connectivity index (χ4n) is 4.65. The molecule has 0 heterocycles. The minimum Gasteiger partial charge on any atom is -0.462 e. The van der Waals surface area contributed by atoms with Gasteiger partial charge >= 0.3 is 17.9 Å². The highest BCUT2D eigenvalue weighted by molar-refractivity contribution is 5.71. The van der Waals surface area contributed by atoms with Gasteiger partial charge in [-0.05, 0) is 77.0 Å². The van der Waals surface area contributed by atoms with Crippen LogP contribution >= 0.6 is 0 Å². The SMILES string of the molecule is CC\C=C/C=C\C=C/C=C\C=C/CCCC(=O)OCC(COC(=O)CCCCCC/C=C\CCCC)OC(=O)CCC/C=C\C/C=C\C/C=C\CC. The van der Waals surface area contributed by atoms with Crippen LogP contribution in [0, 0.1) is 0 Å². The number of ether oxygens (including phenoxy) is 3. The van der Waals surface area contributed by atoms with Crippen molar-refractivity contribution in [2.24, 2.45) is 0 Å². The first-order chi connectivity index (χ1) is 25.5. The summed E-state index contributed by atoms with van der Waals surface area (Å²) < 4.78 is 16.5. The van der Waals surface area contributed by atoms with E-state index in [0.717, 1.165) is 77.0 Å². The summed E-state index contributed by atoms with van der Waals surface area (Å²) in [6.07, 6.45) is 52.3. The van der Waals surface area contributed by atoms with Crippen molar-refractivity contribution in [3.8, 4) is 0 Å². The summed E-state index contributed by atoms with van der Waals surface area (Å²) in [5.74, 6) is -1.09. The molecule has 1 atom stereocenters. The summed E-state index contributed by atoms with van der Waals surface area (Å²) in [6, 6.07) is 0. The summed E-state index contributed by atoms with van der Waals surface area (Å²) in [4.78, 5) is 37.5. The van der Waals surface area contributed by atoms with Gasteiger partial charge in [-0.1, -0.05) is 156 Å². The Labute approximate surface area is 317 Å². The average molecular weight is 719 g/mol. The standard InChI is InChI=1S/C46H70O6/c1-4-7-10-13-16-19-22-23-25-27-30-33-36-39-45(48)51-42-43(41-50-44(47)38-35-32-29-26-21-18-15-12-9-6-3)52-46(49)40-37-34-31-28-24-20-17-14-11-8-5-2/h7-8,10-11,13,15-20,22-23,25,27-28,30-31,43H,4-6,9,12,14,21,24,26,29,32-42H2,1-3H3/b10-7-,11-8-,16-13-,18-15-,20-17-,22-19-,25-23-,30-27-,31-28-. The van der Waals surface area contributed by atoms with Crippen LogP contribution in [0.15, 0.2) is 109 Å². The van der Waals surface area contributed by atoms with Crippen LogP contribution < -0.4 is 0 Å². The molecular formula is C46H70O6. The van der Waals surface area contributed by atoms with Gasteiger partial charge in [-0.15, -0.1) is 0 Å². The largest absolute Gasteiger partial charge is 0.462 e. The van der Waals surface area contributed by atoms with Crippen molar-refractivity contribution in [2.45, 2.75) is 149 Å². The van der Waals surface area contributed by atoms with Crippen molar-refractivity contribution in [1.29, 1.82) is 0 Å². The number of carbonyl (C=O) groups is 3. The molecule has 0 spiro atoms. The van der Waals surface area contributed by atoms with E-state index >= 15 is 0 Å². The van der Waals surface area contributed by atoms with Gasteiger partial charge < -0.3 is 14.2 Å². The summed E-state index contributed by atoms with van der Waals surface area (Å²) in [5.41, 5.74) is 0. The lowest BCUT2D eigenvalue weighted by atomic mass is 10.1. The molecule has 52 heavy (non-hydrogen) atoms. The highest BCUT2D eigenvalue weighted by atomic mass is 16.6. The molecular weight excluding hydrogens is 648 g/mol. The topological polar surface area (TPSA) is 78.9 Å². The Kier molecular flexibility index (Phi) is 36.8. The first-order valence-electron chi connectivity index (χ1n) is 20.0. The Morgan fingerprint density at radius 2 is 0.865 bits per heavy atom. The zero-order chi connectivity index (χ0) is 38.0. The highest BCUT2D eigenvalue weighted by Gasteiger charge is 2.19. The van der Waals surface area contributed by atoms with Crippen LogP contribution in [0.1, 0.15) is 143 Å². The second-order valence-corrected chi connectivity index (χ2v) is 12.5. The lowest BCUT2D eigenvalue weighted by molar-refractivity contribution is -0.167. The Bertz CT molecular complexity index is 1150. The number of allylic oxidation sites excluding steroid dienone is 18. The lowest BCUT2D eigenvalue weighted by Gasteiger charge is -2.18. The highest BCUT2D eigenvalue weighted by Crippen LogP contribution is 2.10. The van der Waals surface area contributed by atoms with Crippen LogP contribution in [0.4, 0.5) is 0 Å². The van der Waals surface area contributed by atoms with E-state index in [0.29, 0.717) is 19.3 Å². The van der Waals surface area contributed by atoms with E-state index in [1.807, 2.05) is 54.7 Å². The quantitative estimate of drug-likeness (QED) is 0.0221. The molecule has 0 aliphatic rings. The van der Waals surface area contributed by atoms with Crippen molar-refractivity contribution in [3.63, 3.8) is 0 Å². The van der Waals surface area contributed by atoms with Gasteiger partial charge in [0.25, 0.3) is 0 Å². The third-order valence-corrected chi connectivity index (χ3v) is 7.62. The second-order valence-electron chi connectivity index (χ2n) is 12.5. The molecule has 0 N–H and O–H groups in total. The van der Waals surface area contributed by atoms with Crippen molar-refractivity contribution >= 4 is 17.9 Å². The third-order valence-electron chi connectivity index (χ3n) is 7.62. The Morgan fingerprint density at radius 1 is 0.423 bits per heavy atom. The summed E-state index contributed by atoms with van der Waals surface area (Å²) in [6.45, 7) is 6.15. The van der Waals surface area contributed by atoms with Crippen molar-refractivity contribution in [1.82, 2.24) is 0 Å². The predicted molar refractivity (Wildman–Crippen MR) is 219 cm³/mol. The Morgan fingerprint density at radius 3 is 1.48 bits per heavy atom. The van der Waals surface area contributed by atoms with Crippen LogP contribution in [0.2, 0.25) is 0 Å². The maximum atomic E-state index is 12.6. The van der Waals surface area contributed by atoms with Gasteiger partial charge in [0, 0.05) is 19.3 Å². The van der Waals surface area contributed by atoms with Gasteiger partial charge in [-0.2, -0.15) is 0 Å². The maximum Gasteiger partial charge on any atom is 0.306 e. The Balaban J connectivity index is 4.63. The number of carbonyl (C=O) groups excluding carboxylic acids is 3. The molecule has 1 unspecified atom stereocenters. The van der Waals surface area contributed by atoms with Crippen LogP contribution in [0.25, 0.3) is 0 Å². The molecule has 290 valence electrons. The number of hydrogen-bond donors (Lipinski definition) is 0. The summed E-state index contributed by atoms with van der Waals surface area (Å²) in [7, 11) is 0. The molecule has 0 fully saturated rings. The number of rotatable bonds is 33. The van der Waals surface area contributed by atoms with Crippen LogP contribution in [0.3, 0.4) is 0 Å². The van der Waals surface area contributed by atoms with E-state index in [-0.39, 0.29) is 38.0 Å². The van der Waals surface area contributed by atoms with E-state index in [4.69, 9.17) is 14.2 Å². The molecule has 0 aliphatic heterocycles. The molecule has 6 nitrogen and oxygen atoms in total. The van der Waals surface area contributed by atoms with Crippen molar-refractivity contribution in [2.75, 3.05) is 13.2 Å². The first-order valence-corrected chi connectivity index (χ1v) is 20.0. The van der Waals surface area contributed by atoms with Crippen molar-refractivity contribution < 1.29 is 28.6 Å². The van der Waals surface area contributed by atoms with Gasteiger partial charge in [0.1, 0.15) is 13.2 Å². The molecule has 0 amide bonds. The minimum atomic E-state index is -0.835. The van der Waals surface area contributed by atoms with E-state index in [9.17, 15) is 14.4 Å². The summed E-state index contributed by atoms with van der Waals surface area (Å²) >= 11 is 0. The van der Waals surface area contributed by atoms with E-state index < -0.39 is 12.1 Å². The number of hydrogen-bond acceptors (Lipinski definition) is 6. The molecule has 0 aromatic heterocycles. The molecule has 0 aromatic rings. The first kappa shape index (κ1) is 48.1. The summed E-state index contributed by atoms with van der Waals surface area (Å²) in [5, 5.41) is 0. The molecule has 0 saturated carbocycles. The number of esters is 3. The van der Waals surface area contributed by atoms with E-state index in [2.05, 4.69) is 75.5 Å². The second kappa shape index (κ2) is 39.8. The fourth-order valence-corrected chi connectivity index (χ4v) is 4.65. The molecule has 0 bridgehead atoms. The number of unbranched alkanes of at least 4 members (excludes halogenated alkanes) is 8. The van der Waals surface area contributed by atoms with Gasteiger partial charge in [-0.25, -0.2) is 0 Å². The van der Waals surface area contributed by atoms with Crippen LogP contribution in [-0.2, 0) is 28.6 Å². The van der Waals surface area contributed by atoms with Crippen molar-refractivity contribution in [3.05, 3.63) is 109 Å². The normalized spacial score (nSPS) is 13.2. The van der Waals surface area contributed by atoms with Gasteiger partial charge in [0.2, 0.25) is 0 Å². The zero-order valence-electron chi connectivity index (χ0n) is 32.8. The molecule has 0 saturated heterocycles. The monoisotopic (exact) mass is 719 g/mol. The van der Waals surface area contributed by atoms with E-state index in [1.165, 1.54) is 12.8 Å². The molecule has 0 aliphatic carbocycles. The zero-order valence-corrected chi connectivity index (χ0v) is 32.8. The molecule has 0 rings (SSSR count). The van der Waals surface area contributed by atoms with Gasteiger partial charge in [0.05, 0.1) is 0 Å². The van der Waals surface area contributed by atoms with Gasteiger partial charge in [0.15, 0.2) is 6.10 Å². The minimum absolute atomic E-state index is 0.130. The average Bonchev–Trinajstić information content (AvgIpc) is 3.14. The molecule has 6 heteroatoms. The fraction of sp³-hybridized carbons (Fsp3) is 0.543. The lowest BCUT2D eigenvalue weighted by Crippen LogP contribution is -2.30. The van der Waals surface area contributed by atoms with Gasteiger partial charge in [-0.3, -0.25) is 14.4 Å². The van der Waals surface area contributed by atoms with Crippen LogP contribution in [-0.4, -0.2) is 37.2 Å². The smallest absolute Gasteiger partial charge is 0.306 e. The third kappa shape index (κ3) is 37.3. The molecule has 0 aromatic carbocycles. The molecule has 0 radical (unpaired) electrons. The van der Waals surface area contributed by atoms with E-state index in [1.54, 1.807) is 0 Å². The maximum absolute atomic E-state index is 12.6.